The summed E-state index contributed by atoms with van der Waals surface area (Å²) < 4.78 is 13.2. The van der Waals surface area contributed by atoms with Crippen LogP contribution in [0, 0.1) is 6.92 Å². The predicted octanol–water partition coefficient (Wildman–Crippen LogP) is 6.88. The SMILES string of the molecule is COc1ccc(NC(=O)N2Cc3c(sc4c3CCCC4)-n3cccc3[C@@H]2c2ccc(C)cc2)c(OC)c1. The number of aromatic nitrogens is 1. The van der Waals surface area contributed by atoms with Crippen LogP contribution >= 0.6 is 11.3 Å². The lowest BCUT2D eigenvalue weighted by molar-refractivity contribution is 0.194. The number of rotatable bonds is 4. The Morgan fingerprint density at radius 3 is 2.59 bits per heavy atom. The van der Waals surface area contributed by atoms with Crippen LogP contribution in [0.4, 0.5) is 10.5 Å². The molecule has 6 nitrogen and oxygen atoms in total. The average Bonchev–Trinajstić information content (AvgIpc) is 3.51. The fourth-order valence-electron chi connectivity index (χ4n) is 5.57. The van der Waals surface area contributed by atoms with Crippen molar-refractivity contribution in [2.24, 2.45) is 0 Å². The van der Waals surface area contributed by atoms with Gasteiger partial charge in [-0.25, -0.2) is 4.79 Å². The Morgan fingerprint density at radius 1 is 1.00 bits per heavy atom. The molecule has 0 saturated heterocycles. The van der Waals surface area contributed by atoms with E-state index in [4.69, 9.17) is 9.47 Å². The molecule has 1 aliphatic carbocycles. The molecule has 1 aliphatic heterocycles. The van der Waals surface area contributed by atoms with Crippen LogP contribution in [-0.2, 0) is 19.4 Å². The molecule has 0 spiro atoms. The number of benzene rings is 2. The number of nitrogens with zero attached hydrogens (tertiary/aromatic N) is 2. The lowest BCUT2D eigenvalue weighted by atomic mass is 9.95. The number of amides is 2. The fraction of sp³-hybridized carbons (Fsp3) is 0.300. The Bertz CT molecular complexity index is 1450. The molecule has 2 aromatic carbocycles. The molecule has 0 fully saturated rings. The minimum atomic E-state index is -0.237. The van der Waals surface area contributed by atoms with E-state index < -0.39 is 0 Å². The molecule has 6 rings (SSSR count). The average molecular weight is 514 g/mol. The second kappa shape index (κ2) is 9.63. The number of hydrogen-bond donors (Lipinski definition) is 1. The number of nitrogens with one attached hydrogen (secondary N) is 1. The van der Waals surface area contributed by atoms with Gasteiger partial charge in [-0.05, 0) is 68.0 Å². The minimum Gasteiger partial charge on any atom is -0.497 e. The van der Waals surface area contributed by atoms with Gasteiger partial charge in [-0.1, -0.05) is 29.8 Å². The summed E-state index contributed by atoms with van der Waals surface area (Å²) in [6, 6.07) is 17.8. The summed E-state index contributed by atoms with van der Waals surface area (Å²) in [4.78, 5) is 17.6. The molecule has 0 bridgehead atoms. The number of thiophene rings is 1. The van der Waals surface area contributed by atoms with Gasteiger partial charge in [-0.2, -0.15) is 0 Å². The van der Waals surface area contributed by atoms with Crippen LogP contribution < -0.4 is 14.8 Å². The van der Waals surface area contributed by atoms with Crippen molar-refractivity contribution in [1.82, 2.24) is 9.47 Å². The maximum absolute atomic E-state index is 14.1. The number of ether oxygens (including phenoxy) is 2. The fourth-order valence-corrected chi connectivity index (χ4v) is 6.98. The summed E-state index contributed by atoms with van der Waals surface area (Å²) in [7, 11) is 3.22. The van der Waals surface area contributed by atoms with E-state index in [-0.39, 0.29) is 12.1 Å². The third kappa shape index (κ3) is 4.17. The molecule has 1 atom stereocenters. The zero-order valence-electron chi connectivity index (χ0n) is 21.4. The maximum Gasteiger partial charge on any atom is 0.323 e. The Hall–Kier alpha value is -3.71. The highest BCUT2D eigenvalue weighted by Gasteiger charge is 2.36. The molecule has 2 aliphatic rings. The van der Waals surface area contributed by atoms with E-state index in [9.17, 15) is 4.79 Å². The van der Waals surface area contributed by atoms with Crippen LogP contribution in [0.1, 0.15) is 51.7 Å². The van der Waals surface area contributed by atoms with Crippen molar-refractivity contribution < 1.29 is 14.3 Å². The molecule has 2 aromatic heterocycles. The van der Waals surface area contributed by atoms with E-state index in [2.05, 4.69) is 59.4 Å². The first-order chi connectivity index (χ1) is 18.1. The summed E-state index contributed by atoms with van der Waals surface area (Å²) in [5.41, 5.74) is 6.71. The first-order valence-corrected chi connectivity index (χ1v) is 13.6. The van der Waals surface area contributed by atoms with Crippen molar-refractivity contribution in [1.29, 1.82) is 0 Å². The first kappa shape index (κ1) is 23.7. The maximum atomic E-state index is 14.1. The molecule has 0 radical (unpaired) electrons. The standard InChI is InChI=1S/C30H31N3O3S/c1-19-10-12-20(13-11-19)28-25-8-6-16-32(25)29-23(22-7-4-5-9-27(22)37-29)18-33(28)30(34)31-24-15-14-21(35-2)17-26(24)36-3/h6,8,10-17,28H,4-5,7,9,18H2,1-3H3,(H,31,34)/t28-/m0/s1. The molecule has 7 heteroatoms. The number of hydrogen-bond acceptors (Lipinski definition) is 4. The second-order valence-electron chi connectivity index (χ2n) is 9.74. The van der Waals surface area contributed by atoms with Crippen LogP contribution in [0.5, 0.6) is 11.5 Å². The van der Waals surface area contributed by atoms with Gasteiger partial charge in [0.1, 0.15) is 16.5 Å². The van der Waals surface area contributed by atoms with Crippen LogP contribution in [0.3, 0.4) is 0 Å². The molecule has 1 N–H and O–H groups in total. The summed E-state index contributed by atoms with van der Waals surface area (Å²) >= 11 is 1.90. The molecule has 37 heavy (non-hydrogen) atoms. The van der Waals surface area contributed by atoms with Crippen molar-refractivity contribution in [2.75, 3.05) is 19.5 Å². The number of carbonyl (C=O) groups excluding carboxylic acids is 1. The monoisotopic (exact) mass is 513 g/mol. The quantitative estimate of drug-likeness (QED) is 0.324. The largest absolute Gasteiger partial charge is 0.497 e. The summed E-state index contributed by atoms with van der Waals surface area (Å²) in [5.74, 6) is 1.24. The third-order valence-corrected chi connectivity index (χ3v) is 8.82. The Balaban J connectivity index is 1.47. The molecular weight excluding hydrogens is 482 g/mol. The second-order valence-corrected chi connectivity index (χ2v) is 10.8. The van der Waals surface area contributed by atoms with Crippen LogP contribution in [0.25, 0.3) is 5.00 Å². The normalized spacial score (nSPS) is 16.3. The third-order valence-electron chi connectivity index (χ3n) is 7.48. The summed E-state index contributed by atoms with van der Waals surface area (Å²) in [6.07, 6.45) is 6.78. The van der Waals surface area contributed by atoms with Crippen molar-refractivity contribution >= 4 is 23.1 Å². The molecule has 3 heterocycles. The van der Waals surface area contributed by atoms with Crippen LogP contribution in [0.2, 0.25) is 0 Å². The van der Waals surface area contributed by atoms with E-state index in [1.165, 1.54) is 39.4 Å². The smallest absolute Gasteiger partial charge is 0.323 e. The van der Waals surface area contributed by atoms with Gasteiger partial charge in [-0.15, -0.1) is 11.3 Å². The molecule has 0 saturated carbocycles. The number of carbonyl (C=O) groups is 1. The van der Waals surface area contributed by atoms with E-state index in [1.54, 1.807) is 20.3 Å². The van der Waals surface area contributed by atoms with Gasteiger partial charge in [0.15, 0.2) is 0 Å². The minimum absolute atomic E-state index is 0.162. The number of fused-ring (bicyclic) bond motifs is 5. The van der Waals surface area contributed by atoms with Gasteiger partial charge >= 0.3 is 6.03 Å². The molecule has 2 amide bonds. The van der Waals surface area contributed by atoms with Gasteiger partial charge in [0.25, 0.3) is 0 Å². The topological polar surface area (TPSA) is 55.7 Å². The molecule has 0 unspecified atom stereocenters. The zero-order valence-corrected chi connectivity index (χ0v) is 22.2. The van der Waals surface area contributed by atoms with E-state index in [0.29, 0.717) is 23.7 Å². The van der Waals surface area contributed by atoms with Crippen molar-refractivity contribution in [3.05, 3.63) is 93.6 Å². The number of methoxy groups -OCH3 is 2. The Morgan fingerprint density at radius 2 is 1.81 bits per heavy atom. The highest BCUT2D eigenvalue weighted by molar-refractivity contribution is 7.15. The molecule has 4 aromatic rings. The van der Waals surface area contributed by atoms with Gasteiger partial charge in [-0.3, -0.25) is 0 Å². The Kier molecular flexibility index (Phi) is 6.16. The number of aryl methyl sites for hydroxylation is 2. The van der Waals surface area contributed by atoms with Crippen LogP contribution in [0.15, 0.2) is 60.8 Å². The summed E-state index contributed by atoms with van der Waals surface area (Å²) in [6.45, 7) is 2.63. The lowest BCUT2D eigenvalue weighted by Gasteiger charge is -2.31. The number of urea groups is 1. The van der Waals surface area contributed by atoms with E-state index >= 15 is 0 Å². The van der Waals surface area contributed by atoms with Gasteiger partial charge in [0.05, 0.1) is 38.2 Å². The van der Waals surface area contributed by atoms with E-state index in [0.717, 1.165) is 24.1 Å². The number of anilines is 1. The van der Waals surface area contributed by atoms with Crippen molar-refractivity contribution in [2.45, 2.75) is 45.2 Å². The highest BCUT2D eigenvalue weighted by Crippen LogP contribution is 2.44. The van der Waals surface area contributed by atoms with Crippen molar-refractivity contribution in [3.8, 4) is 16.5 Å². The van der Waals surface area contributed by atoms with Gasteiger partial charge < -0.3 is 24.3 Å². The Labute approximate surface area is 221 Å². The molecule has 190 valence electrons. The highest BCUT2D eigenvalue weighted by atomic mass is 32.1. The van der Waals surface area contributed by atoms with Gasteiger partial charge in [0, 0.05) is 22.7 Å². The molecular formula is C30H31N3O3S. The first-order valence-electron chi connectivity index (χ1n) is 12.7. The van der Waals surface area contributed by atoms with E-state index in [1.807, 2.05) is 28.4 Å². The van der Waals surface area contributed by atoms with Gasteiger partial charge in [0.2, 0.25) is 0 Å². The lowest BCUT2D eigenvalue weighted by Crippen LogP contribution is -2.38. The predicted molar refractivity (Wildman–Crippen MR) is 147 cm³/mol. The van der Waals surface area contributed by atoms with Crippen LogP contribution in [-0.4, -0.2) is 29.7 Å². The zero-order chi connectivity index (χ0) is 25.5. The summed E-state index contributed by atoms with van der Waals surface area (Å²) in [5, 5.41) is 4.40. The van der Waals surface area contributed by atoms with Crippen molar-refractivity contribution in [3.63, 3.8) is 0 Å².